The van der Waals surface area contributed by atoms with Crippen LogP contribution in [0.3, 0.4) is 0 Å². The van der Waals surface area contributed by atoms with Gasteiger partial charge in [0, 0.05) is 37.7 Å². The van der Waals surface area contributed by atoms with Crippen LogP contribution in [0, 0.1) is 0 Å². The fraction of sp³-hybridized carbons (Fsp3) is 0.308. The van der Waals surface area contributed by atoms with Crippen LogP contribution in [-0.4, -0.2) is 30.0 Å². The zero-order valence-electron chi connectivity index (χ0n) is 10.4. The maximum atomic E-state index is 11.5. The first kappa shape index (κ1) is 11.0. The predicted molar refractivity (Wildman–Crippen MR) is 70.8 cm³/mol. The van der Waals surface area contributed by atoms with E-state index in [0.717, 1.165) is 28.7 Å². The van der Waals surface area contributed by atoms with E-state index in [9.17, 15) is 4.79 Å². The number of hydrogen-bond donors (Lipinski definition) is 1. The fourth-order valence-electron chi connectivity index (χ4n) is 2.28. The lowest BCUT2D eigenvalue weighted by atomic mass is 10.0. The van der Waals surface area contributed by atoms with Gasteiger partial charge < -0.3 is 10.2 Å². The van der Waals surface area contributed by atoms with Gasteiger partial charge in [-0.2, -0.15) is 0 Å². The van der Waals surface area contributed by atoms with Crippen LogP contribution in [-0.2, 0) is 11.2 Å². The molecule has 1 N–H and O–H groups in total. The van der Waals surface area contributed by atoms with Crippen molar-refractivity contribution in [2.45, 2.75) is 12.8 Å². The molecule has 0 fully saturated rings. The second-order valence-corrected chi connectivity index (χ2v) is 4.60. The zero-order valence-corrected chi connectivity index (χ0v) is 10.4. The molecule has 1 amide bonds. The van der Waals surface area contributed by atoms with Crippen LogP contribution in [0.15, 0.2) is 18.3 Å². The molecule has 5 nitrogen and oxygen atoms in total. The van der Waals surface area contributed by atoms with E-state index in [1.54, 1.807) is 6.20 Å². The van der Waals surface area contributed by atoms with Gasteiger partial charge in [-0.15, -0.1) is 0 Å². The maximum Gasteiger partial charge on any atom is 0.225 e. The molecule has 0 aromatic carbocycles. The van der Waals surface area contributed by atoms with Crippen molar-refractivity contribution < 1.29 is 4.79 Å². The van der Waals surface area contributed by atoms with E-state index in [4.69, 9.17) is 0 Å². The van der Waals surface area contributed by atoms with Gasteiger partial charge in [0.25, 0.3) is 0 Å². The Labute approximate surface area is 105 Å². The molecule has 0 spiro atoms. The van der Waals surface area contributed by atoms with Gasteiger partial charge in [0.2, 0.25) is 5.91 Å². The Morgan fingerprint density at radius 1 is 1.33 bits per heavy atom. The van der Waals surface area contributed by atoms with E-state index in [1.165, 1.54) is 0 Å². The van der Waals surface area contributed by atoms with Crippen molar-refractivity contribution in [2.75, 3.05) is 24.3 Å². The summed E-state index contributed by atoms with van der Waals surface area (Å²) in [6.07, 6.45) is 3.01. The molecule has 1 aliphatic heterocycles. The fourth-order valence-corrected chi connectivity index (χ4v) is 2.28. The monoisotopic (exact) mass is 242 g/mol. The van der Waals surface area contributed by atoms with Crippen molar-refractivity contribution in [3.63, 3.8) is 0 Å². The number of amides is 1. The Morgan fingerprint density at radius 3 is 2.94 bits per heavy atom. The van der Waals surface area contributed by atoms with Crippen molar-refractivity contribution in [1.82, 2.24) is 9.97 Å². The summed E-state index contributed by atoms with van der Waals surface area (Å²) in [5.74, 6) is 1.49. The molecule has 0 saturated carbocycles. The lowest BCUT2D eigenvalue weighted by Gasteiger charge is -2.21. The van der Waals surface area contributed by atoms with E-state index >= 15 is 0 Å². The molecule has 0 unspecified atom stereocenters. The van der Waals surface area contributed by atoms with Gasteiger partial charge in [-0.3, -0.25) is 9.78 Å². The van der Waals surface area contributed by atoms with Crippen LogP contribution in [0.5, 0.6) is 0 Å². The number of aryl methyl sites for hydroxylation is 1. The number of nitrogens with one attached hydrogen (secondary N) is 1. The minimum Gasteiger partial charge on any atom is -0.361 e. The number of rotatable bonds is 1. The molecule has 18 heavy (non-hydrogen) atoms. The van der Waals surface area contributed by atoms with Crippen LogP contribution in [0.25, 0.3) is 10.9 Å². The highest BCUT2D eigenvalue weighted by Crippen LogP contribution is 2.32. The predicted octanol–water partition coefficient (Wildman–Crippen LogP) is 1.58. The van der Waals surface area contributed by atoms with Gasteiger partial charge in [0.15, 0.2) is 5.82 Å². The van der Waals surface area contributed by atoms with Gasteiger partial charge in [-0.1, -0.05) is 6.07 Å². The van der Waals surface area contributed by atoms with Crippen molar-refractivity contribution in [1.29, 1.82) is 0 Å². The average molecular weight is 242 g/mol. The summed E-state index contributed by atoms with van der Waals surface area (Å²) < 4.78 is 0. The number of nitrogens with zero attached hydrogens (tertiary/aromatic N) is 3. The van der Waals surface area contributed by atoms with Gasteiger partial charge in [0.1, 0.15) is 11.3 Å². The van der Waals surface area contributed by atoms with Crippen LogP contribution in [0.4, 0.5) is 11.6 Å². The van der Waals surface area contributed by atoms with Crippen LogP contribution < -0.4 is 10.2 Å². The van der Waals surface area contributed by atoms with E-state index in [2.05, 4.69) is 15.3 Å². The van der Waals surface area contributed by atoms with Crippen LogP contribution in [0.2, 0.25) is 0 Å². The molecule has 0 saturated heterocycles. The molecule has 3 rings (SSSR count). The van der Waals surface area contributed by atoms with Crippen molar-refractivity contribution in [2.24, 2.45) is 0 Å². The standard InChI is InChI=1S/C13H14N4O/c1-17(2)13-11-8(4-3-7-14-11)9-5-6-10(18)15-12(9)16-13/h3-4,7H,5-6H2,1-2H3,(H,15,16,18). The molecule has 0 aliphatic carbocycles. The highest BCUT2D eigenvalue weighted by molar-refractivity contribution is 6.00. The maximum absolute atomic E-state index is 11.5. The number of pyridine rings is 2. The Balaban J connectivity index is 2.34. The largest absolute Gasteiger partial charge is 0.361 e. The van der Waals surface area contributed by atoms with Gasteiger partial charge in [-0.05, 0) is 12.5 Å². The number of fused-ring (bicyclic) bond motifs is 3. The average Bonchev–Trinajstić information content (AvgIpc) is 2.37. The Hall–Kier alpha value is -2.17. The number of carbonyl (C=O) groups excluding carboxylic acids is 1. The number of aromatic nitrogens is 2. The first-order valence-corrected chi connectivity index (χ1v) is 5.91. The molecule has 0 radical (unpaired) electrons. The molecule has 1 aliphatic rings. The van der Waals surface area contributed by atoms with Gasteiger partial charge >= 0.3 is 0 Å². The molecule has 2 aromatic heterocycles. The van der Waals surface area contributed by atoms with Crippen molar-refractivity contribution in [3.8, 4) is 0 Å². The molecule has 0 atom stereocenters. The molecular weight excluding hydrogens is 228 g/mol. The van der Waals surface area contributed by atoms with E-state index < -0.39 is 0 Å². The number of hydrogen-bond acceptors (Lipinski definition) is 4. The van der Waals surface area contributed by atoms with Crippen molar-refractivity contribution >= 4 is 28.4 Å². The second-order valence-electron chi connectivity index (χ2n) is 4.60. The number of anilines is 2. The van der Waals surface area contributed by atoms with Crippen molar-refractivity contribution in [3.05, 3.63) is 23.9 Å². The molecule has 3 heterocycles. The van der Waals surface area contributed by atoms with Gasteiger partial charge in [0.05, 0.1) is 0 Å². The molecule has 2 aromatic rings. The Kier molecular flexibility index (Phi) is 2.40. The lowest BCUT2D eigenvalue weighted by Crippen LogP contribution is -2.22. The van der Waals surface area contributed by atoms with E-state index in [0.29, 0.717) is 12.2 Å². The molecule has 92 valence electrons. The topological polar surface area (TPSA) is 58.1 Å². The summed E-state index contributed by atoms with van der Waals surface area (Å²) in [5, 5.41) is 3.92. The lowest BCUT2D eigenvalue weighted by molar-refractivity contribution is -0.116. The van der Waals surface area contributed by atoms with Gasteiger partial charge in [-0.25, -0.2) is 4.98 Å². The first-order valence-electron chi connectivity index (χ1n) is 5.91. The molecular formula is C13H14N4O. The third-order valence-corrected chi connectivity index (χ3v) is 3.13. The third kappa shape index (κ3) is 1.59. The number of carbonyl (C=O) groups is 1. The molecule has 0 bridgehead atoms. The van der Waals surface area contributed by atoms with Crippen LogP contribution in [0.1, 0.15) is 12.0 Å². The Morgan fingerprint density at radius 2 is 2.17 bits per heavy atom. The molecule has 5 heteroatoms. The second kappa shape index (κ2) is 3.94. The minimum absolute atomic E-state index is 0.0305. The first-order chi connectivity index (χ1) is 8.66. The van der Waals surface area contributed by atoms with E-state index in [-0.39, 0.29) is 5.91 Å². The minimum atomic E-state index is 0.0305. The highest BCUT2D eigenvalue weighted by atomic mass is 16.1. The summed E-state index contributed by atoms with van der Waals surface area (Å²) in [7, 11) is 3.85. The normalized spacial score (nSPS) is 14.2. The quantitative estimate of drug-likeness (QED) is 0.824. The highest BCUT2D eigenvalue weighted by Gasteiger charge is 2.21. The van der Waals surface area contributed by atoms with Crippen LogP contribution >= 0.6 is 0 Å². The summed E-state index contributed by atoms with van der Waals surface area (Å²) in [6, 6.07) is 3.95. The SMILES string of the molecule is CN(C)c1nc2c(c3cccnc13)CCC(=O)N2. The summed E-state index contributed by atoms with van der Waals surface area (Å²) in [5.41, 5.74) is 1.97. The summed E-state index contributed by atoms with van der Waals surface area (Å²) in [4.78, 5) is 22.3. The van der Waals surface area contributed by atoms with E-state index in [1.807, 2.05) is 31.1 Å². The zero-order chi connectivity index (χ0) is 12.7. The summed E-state index contributed by atoms with van der Waals surface area (Å²) in [6.45, 7) is 0. The third-order valence-electron chi connectivity index (χ3n) is 3.13. The smallest absolute Gasteiger partial charge is 0.225 e. The Bertz CT molecular complexity index is 636. The summed E-state index contributed by atoms with van der Waals surface area (Å²) >= 11 is 0.